The molecule has 0 heterocycles. The number of carbonyl (C=O) groups is 1. The number of hydrogen-bond acceptors (Lipinski definition) is 4. The van der Waals surface area contributed by atoms with Crippen LogP contribution < -0.4 is 0 Å². The summed E-state index contributed by atoms with van der Waals surface area (Å²) in [7, 11) is 0. The maximum atomic E-state index is 11.6. The molecule has 0 aromatic heterocycles. The predicted octanol–water partition coefficient (Wildman–Crippen LogP) is 6.44. The van der Waals surface area contributed by atoms with Crippen LogP contribution in [0.5, 0.6) is 0 Å². The van der Waals surface area contributed by atoms with Crippen LogP contribution in [-0.4, -0.2) is 33.8 Å². The Morgan fingerprint density at radius 2 is 1.85 bits per heavy atom. The average molecular weight is 477 g/mol. The second-order valence-electron chi connectivity index (χ2n) is 10.2. The first-order valence-electron chi connectivity index (χ1n) is 12.8. The number of halogens is 1. The van der Waals surface area contributed by atoms with Gasteiger partial charge in [-0.3, -0.25) is 4.79 Å². The van der Waals surface area contributed by atoms with Crippen molar-refractivity contribution in [3.8, 4) is 0 Å². The molecule has 4 nitrogen and oxygen atoms in total. The number of esters is 1. The smallest absolute Gasteiger partial charge is 0.306 e. The summed E-state index contributed by atoms with van der Waals surface area (Å²) in [6.45, 7) is 3.72. The Labute approximate surface area is 204 Å². The molecule has 0 spiro atoms. The van der Waals surface area contributed by atoms with E-state index in [1.165, 1.54) is 19.3 Å². The van der Waals surface area contributed by atoms with Gasteiger partial charge in [0.2, 0.25) is 0 Å². The third-order valence-corrected chi connectivity index (χ3v) is 7.76. The predicted molar refractivity (Wildman–Crippen MR) is 133 cm³/mol. The van der Waals surface area contributed by atoms with Gasteiger partial charge in [-0.15, -0.1) is 11.6 Å². The lowest BCUT2D eigenvalue weighted by molar-refractivity contribution is -0.147. The monoisotopic (exact) mass is 476 g/mol. The highest BCUT2D eigenvalue weighted by Crippen LogP contribution is 2.45. The maximum absolute atomic E-state index is 11.6. The van der Waals surface area contributed by atoms with Gasteiger partial charge in [0.1, 0.15) is 0 Å². The molecule has 2 N–H and O–H groups in total. The Balaban J connectivity index is 1.54. The molecule has 2 aliphatic carbocycles. The third kappa shape index (κ3) is 7.56. The normalized spacial score (nSPS) is 27.3. The molecule has 0 radical (unpaired) electrons. The summed E-state index contributed by atoms with van der Waals surface area (Å²) in [4.78, 5) is 11.6. The Kier molecular flexibility index (Phi) is 10.3. The molecular formula is C28H41ClO4. The van der Waals surface area contributed by atoms with E-state index in [-0.39, 0.29) is 29.3 Å². The van der Waals surface area contributed by atoms with Gasteiger partial charge in [-0.2, -0.15) is 0 Å². The van der Waals surface area contributed by atoms with Crippen LogP contribution in [-0.2, 0) is 9.53 Å². The zero-order chi connectivity index (χ0) is 23.8. The fraction of sp³-hybridized carbons (Fsp3) is 0.679. The van der Waals surface area contributed by atoms with E-state index in [9.17, 15) is 15.0 Å². The molecule has 5 atom stereocenters. The number of rotatable bonds is 10. The van der Waals surface area contributed by atoms with Gasteiger partial charge in [-0.05, 0) is 75.3 Å². The molecule has 0 amide bonds. The minimum absolute atomic E-state index is 0.000886. The molecule has 5 heteroatoms. The molecule has 33 heavy (non-hydrogen) atoms. The van der Waals surface area contributed by atoms with Crippen molar-refractivity contribution >= 4 is 17.6 Å². The van der Waals surface area contributed by atoms with Gasteiger partial charge in [0, 0.05) is 17.7 Å². The number of aliphatic hydroxyl groups is 2. The van der Waals surface area contributed by atoms with E-state index in [1.807, 2.05) is 26.0 Å². The molecule has 3 rings (SSSR count). The Morgan fingerprint density at radius 1 is 1.15 bits per heavy atom. The minimum atomic E-state index is -0.453. The second-order valence-corrected chi connectivity index (χ2v) is 10.7. The zero-order valence-electron chi connectivity index (χ0n) is 20.2. The van der Waals surface area contributed by atoms with Crippen LogP contribution in [0.3, 0.4) is 0 Å². The topological polar surface area (TPSA) is 66.8 Å². The van der Waals surface area contributed by atoms with Gasteiger partial charge in [-0.1, -0.05) is 55.7 Å². The van der Waals surface area contributed by atoms with Gasteiger partial charge in [0.25, 0.3) is 0 Å². The van der Waals surface area contributed by atoms with Gasteiger partial charge in [0.05, 0.1) is 18.3 Å². The van der Waals surface area contributed by atoms with Crippen LogP contribution in [0.25, 0.3) is 0 Å². The Bertz CT molecular complexity index is 754. The molecule has 2 fully saturated rings. The molecule has 2 saturated carbocycles. The third-order valence-electron chi connectivity index (χ3n) is 7.26. The average Bonchev–Trinajstić information content (AvgIpc) is 3.08. The summed E-state index contributed by atoms with van der Waals surface area (Å²) in [6, 6.07) is 8.21. The van der Waals surface area contributed by atoms with Crippen LogP contribution in [0, 0.1) is 11.8 Å². The number of allylic oxidation sites excluding steroid dienone is 2. The summed E-state index contributed by atoms with van der Waals surface area (Å²) in [5.41, 5.74) is 2.08. The maximum Gasteiger partial charge on any atom is 0.306 e. The lowest BCUT2D eigenvalue weighted by Gasteiger charge is -2.27. The van der Waals surface area contributed by atoms with Crippen molar-refractivity contribution in [2.24, 2.45) is 11.8 Å². The molecule has 0 saturated heterocycles. The van der Waals surface area contributed by atoms with Crippen LogP contribution in [0.2, 0.25) is 0 Å². The molecule has 1 aromatic rings. The largest absolute Gasteiger partial charge is 0.463 e. The summed E-state index contributed by atoms with van der Waals surface area (Å²) in [5.74, 6) is 0.381. The van der Waals surface area contributed by atoms with Gasteiger partial charge < -0.3 is 14.9 Å². The summed E-state index contributed by atoms with van der Waals surface area (Å²) < 4.78 is 5.16. The van der Waals surface area contributed by atoms with E-state index < -0.39 is 12.2 Å². The van der Waals surface area contributed by atoms with E-state index in [0.717, 1.165) is 43.2 Å². The van der Waals surface area contributed by atoms with Crippen molar-refractivity contribution in [3.05, 3.63) is 47.5 Å². The second kappa shape index (κ2) is 12.9. The summed E-state index contributed by atoms with van der Waals surface area (Å²) in [5, 5.41) is 21.5. The van der Waals surface area contributed by atoms with E-state index in [0.29, 0.717) is 18.8 Å². The van der Waals surface area contributed by atoms with Gasteiger partial charge >= 0.3 is 5.97 Å². The number of unbranched alkanes of at least 4 members (excludes halogenated alkanes) is 1. The van der Waals surface area contributed by atoms with E-state index in [4.69, 9.17) is 16.3 Å². The van der Waals surface area contributed by atoms with Crippen LogP contribution in [0.1, 0.15) is 101 Å². The number of carbonyl (C=O) groups excluding carboxylic acids is 1. The van der Waals surface area contributed by atoms with Crippen molar-refractivity contribution in [1.29, 1.82) is 0 Å². The number of alkyl halides is 1. The molecule has 184 valence electrons. The highest BCUT2D eigenvalue weighted by atomic mass is 35.5. The quantitative estimate of drug-likeness (QED) is 0.176. The standard InChI is InChI=1S/C28H41ClO4/c1-19(2)33-26(31)13-9-4-3-8-12-23-24(29)18-25(30)27(23)20-14-16-22(17-15-20)28(32)21-10-6-5-7-11-21/h3,8,14-17,19,21,23-25,27-28,30,32H,4-7,9-13,18H2,1-2H3/b8-3-/t23-,24-,25+,27+,28?/m0/s1. The van der Waals surface area contributed by atoms with E-state index in [1.54, 1.807) is 0 Å². The van der Waals surface area contributed by atoms with E-state index >= 15 is 0 Å². The van der Waals surface area contributed by atoms with Crippen molar-refractivity contribution in [3.63, 3.8) is 0 Å². The zero-order valence-corrected chi connectivity index (χ0v) is 20.9. The first-order chi connectivity index (χ1) is 15.9. The first kappa shape index (κ1) is 26.2. The number of hydrogen-bond donors (Lipinski definition) is 2. The van der Waals surface area contributed by atoms with Gasteiger partial charge in [0.15, 0.2) is 0 Å². The fourth-order valence-electron chi connectivity index (χ4n) is 5.52. The van der Waals surface area contributed by atoms with Crippen molar-refractivity contribution in [2.45, 2.75) is 108 Å². The highest BCUT2D eigenvalue weighted by Gasteiger charge is 2.41. The molecule has 0 aliphatic heterocycles. The Morgan fingerprint density at radius 3 is 2.52 bits per heavy atom. The molecule has 1 aromatic carbocycles. The van der Waals surface area contributed by atoms with Crippen LogP contribution >= 0.6 is 11.6 Å². The summed E-state index contributed by atoms with van der Waals surface area (Å²) in [6.07, 6.45) is 12.7. The lowest BCUT2D eigenvalue weighted by Crippen LogP contribution is -2.19. The van der Waals surface area contributed by atoms with Crippen molar-refractivity contribution < 1.29 is 19.7 Å². The summed E-state index contributed by atoms with van der Waals surface area (Å²) >= 11 is 6.64. The number of aliphatic hydroxyl groups excluding tert-OH is 2. The Hall–Kier alpha value is -1.36. The van der Waals surface area contributed by atoms with Crippen molar-refractivity contribution in [1.82, 2.24) is 0 Å². The minimum Gasteiger partial charge on any atom is -0.463 e. The lowest BCUT2D eigenvalue weighted by atomic mass is 9.81. The molecule has 2 aliphatic rings. The number of benzene rings is 1. The first-order valence-corrected chi connectivity index (χ1v) is 13.2. The fourth-order valence-corrected chi connectivity index (χ4v) is 5.96. The van der Waals surface area contributed by atoms with Crippen LogP contribution in [0.15, 0.2) is 36.4 Å². The van der Waals surface area contributed by atoms with Gasteiger partial charge in [-0.25, -0.2) is 0 Å². The van der Waals surface area contributed by atoms with Crippen molar-refractivity contribution in [2.75, 3.05) is 0 Å². The van der Waals surface area contributed by atoms with Crippen LogP contribution in [0.4, 0.5) is 0 Å². The molecular weight excluding hydrogens is 436 g/mol. The van der Waals surface area contributed by atoms with E-state index in [2.05, 4.69) is 24.3 Å². The number of ether oxygens (including phenoxy) is 1. The molecule has 1 unspecified atom stereocenters. The molecule has 0 bridgehead atoms. The highest BCUT2D eigenvalue weighted by molar-refractivity contribution is 6.21. The SMILES string of the molecule is CC(C)OC(=O)CCC/C=C\C[C@@H]1[C@@H](c2ccc(C(O)C3CCCCC3)cc2)[C@H](O)C[C@@H]1Cl.